The van der Waals surface area contributed by atoms with Gasteiger partial charge in [-0.2, -0.15) is 0 Å². The highest BCUT2D eigenvalue weighted by molar-refractivity contribution is 7.88. The van der Waals surface area contributed by atoms with Crippen molar-refractivity contribution >= 4 is 10.0 Å². The van der Waals surface area contributed by atoms with Gasteiger partial charge in [0.05, 0.1) is 12.3 Å². The second kappa shape index (κ2) is 7.94. The summed E-state index contributed by atoms with van der Waals surface area (Å²) in [5.41, 5.74) is 1.90. The summed E-state index contributed by atoms with van der Waals surface area (Å²) in [4.78, 5) is 0. The number of furan rings is 1. The van der Waals surface area contributed by atoms with E-state index < -0.39 is 10.0 Å². The second-order valence-corrected chi connectivity index (χ2v) is 9.33. The van der Waals surface area contributed by atoms with E-state index in [4.69, 9.17) is 4.42 Å². The normalized spacial score (nSPS) is 19.8. The topological polar surface area (TPSA) is 71.3 Å². The standard InChI is InChI=1S/C20H28N2O3S/c1-14(2)22-26(23,24)13-17-6-4-16(5-7-17)11-21-12-18-8-9-20(25-18)19-10-15(19)3/h4-9,14-15,19,21-22H,10-13H2,1-3H3. The van der Waals surface area contributed by atoms with E-state index in [9.17, 15) is 8.42 Å². The Morgan fingerprint density at radius 3 is 2.35 bits per heavy atom. The van der Waals surface area contributed by atoms with Gasteiger partial charge in [-0.05, 0) is 49.4 Å². The maximum absolute atomic E-state index is 12.0. The molecule has 5 nitrogen and oxygen atoms in total. The number of sulfonamides is 1. The molecule has 26 heavy (non-hydrogen) atoms. The molecule has 1 aliphatic rings. The van der Waals surface area contributed by atoms with Crippen LogP contribution in [0, 0.1) is 5.92 Å². The first-order chi connectivity index (χ1) is 12.3. The van der Waals surface area contributed by atoms with Gasteiger partial charge in [0.1, 0.15) is 11.5 Å². The van der Waals surface area contributed by atoms with Gasteiger partial charge in [-0.15, -0.1) is 0 Å². The van der Waals surface area contributed by atoms with Crippen LogP contribution in [-0.4, -0.2) is 14.5 Å². The molecule has 6 heteroatoms. The number of hydrogen-bond acceptors (Lipinski definition) is 4. The van der Waals surface area contributed by atoms with Crippen LogP contribution >= 0.6 is 0 Å². The summed E-state index contributed by atoms with van der Waals surface area (Å²) in [6, 6.07) is 11.7. The Bertz CT molecular complexity index is 825. The van der Waals surface area contributed by atoms with Gasteiger partial charge in [-0.3, -0.25) is 0 Å². The van der Waals surface area contributed by atoms with Gasteiger partial charge in [0.15, 0.2) is 0 Å². The number of nitrogens with one attached hydrogen (secondary N) is 2. The predicted molar refractivity (Wildman–Crippen MR) is 103 cm³/mol. The summed E-state index contributed by atoms with van der Waals surface area (Å²) in [6.45, 7) is 7.29. The van der Waals surface area contributed by atoms with Crippen molar-refractivity contribution in [3.8, 4) is 0 Å². The summed E-state index contributed by atoms with van der Waals surface area (Å²) < 4.78 is 32.4. The number of hydrogen-bond donors (Lipinski definition) is 2. The first kappa shape index (κ1) is 19.1. The molecule has 2 unspecified atom stereocenters. The van der Waals surface area contributed by atoms with Gasteiger partial charge in [0, 0.05) is 18.5 Å². The van der Waals surface area contributed by atoms with E-state index in [0.717, 1.165) is 28.6 Å². The van der Waals surface area contributed by atoms with Gasteiger partial charge < -0.3 is 9.73 Å². The van der Waals surface area contributed by atoms with Crippen LogP contribution < -0.4 is 10.0 Å². The number of rotatable bonds is 9. The molecule has 1 aliphatic carbocycles. The quantitative estimate of drug-likeness (QED) is 0.702. The highest BCUT2D eigenvalue weighted by atomic mass is 32.2. The summed E-state index contributed by atoms with van der Waals surface area (Å²) in [6.07, 6.45) is 1.23. The van der Waals surface area contributed by atoms with Gasteiger partial charge >= 0.3 is 0 Å². The van der Waals surface area contributed by atoms with Gasteiger partial charge in [0.25, 0.3) is 0 Å². The summed E-state index contributed by atoms with van der Waals surface area (Å²) in [5.74, 6) is 3.43. The van der Waals surface area contributed by atoms with Crippen molar-refractivity contribution in [3.63, 3.8) is 0 Å². The zero-order valence-corrected chi connectivity index (χ0v) is 16.5. The van der Waals surface area contributed by atoms with Gasteiger partial charge in [-0.1, -0.05) is 31.2 Å². The minimum atomic E-state index is -3.28. The smallest absolute Gasteiger partial charge is 0.216 e. The van der Waals surface area contributed by atoms with E-state index in [0.29, 0.717) is 19.0 Å². The lowest BCUT2D eigenvalue weighted by atomic mass is 10.1. The highest BCUT2D eigenvalue weighted by Gasteiger charge is 2.36. The lowest BCUT2D eigenvalue weighted by molar-refractivity contribution is 0.444. The summed E-state index contributed by atoms with van der Waals surface area (Å²) >= 11 is 0. The molecule has 0 amide bonds. The van der Waals surface area contributed by atoms with Gasteiger partial charge in [-0.25, -0.2) is 13.1 Å². The third-order valence-corrected chi connectivity index (χ3v) is 6.12. The molecule has 3 rings (SSSR count). The van der Waals surface area contributed by atoms with Crippen LogP contribution in [0.15, 0.2) is 40.8 Å². The molecular weight excluding hydrogens is 348 g/mol. The fourth-order valence-corrected chi connectivity index (χ4v) is 4.54. The second-order valence-electron chi connectivity index (χ2n) is 7.58. The first-order valence-electron chi connectivity index (χ1n) is 9.19. The fourth-order valence-electron chi connectivity index (χ4n) is 3.11. The Morgan fingerprint density at radius 2 is 1.73 bits per heavy atom. The molecule has 0 spiro atoms. The van der Waals surface area contributed by atoms with E-state index in [1.165, 1.54) is 6.42 Å². The largest absolute Gasteiger partial charge is 0.464 e. The van der Waals surface area contributed by atoms with E-state index in [2.05, 4.69) is 23.0 Å². The molecule has 1 fully saturated rings. The number of benzene rings is 1. The lowest BCUT2D eigenvalue weighted by Crippen LogP contribution is -2.31. The average molecular weight is 377 g/mol. The Labute approximate surface area is 156 Å². The van der Waals surface area contributed by atoms with Gasteiger partial charge in [0.2, 0.25) is 10.0 Å². The Balaban J connectivity index is 1.46. The Morgan fingerprint density at radius 1 is 1.08 bits per heavy atom. The Hall–Kier alpha value is -1.63. The molecule has 0 aliphatic heterocycles. The molecule has 1 heterocycles. The molecule has 142 valence electrons. The van der Waals surface area contributed by atoms with E-state index in [1.54, 1.807) is 0 Å². The van der Waals surface area contributed by atoms with Crippen LogP contribution in [0.2, 0.25) is 0 Å². The SMILES string of the molecule is CC(C)NS(=O)(=O)Cc1ccc(CNCc2ccc(C3CC3C)o2)cc1. The van der Waals surface area contributed by atoms with E-state index >= 15 is 0 Å². The van der Waals surface area contributed by atoms with Crippen molar-refractivity contribution in [2.75, 3.05) is 0 Å². The van der Waals surface area contributed by atoms with Crippen molar-refractivity contribution < 1.29 is 12.8 Å². The van der Waals surface area contributed by atoms with Crippen molar-refractivity contribution in [1.82, 2.24) is 10.0 Å². The first-order valence-corrected chi connectivity index (χ1v) is 10.8. The van der Waals surface area contributed by atoms with E-state index in [1.807, 2.05) is 44.2 Å². The molecule has 0 radical (unpaired) electrons. The van der Waals surface area contributed by atoms with Crippen LogP contribution in [-0.2, 0) is 28.9 Å². The Kier molecular flexibility index (Phi) is 5.85. The van der Waals surface area contributed by atoms with Crippen LogP contribution in [0.3, 0.4) is 0 Å². The fraction of sp³-hybridized carbons (Fsp3) is 0.500. The van der Waals surface area contributed by atoms with Crippen molar-refractivity contribution in [2.24, 2.45) is 5.92 Å². The van der Waals surface area contributed by atoms with Crippen LogP contribution in [0.5, 0.6) is 0 Å². The van der Waals surface area contributed by atoms with Crippen molar-refractivity contribution in [1.29, 1.82) is 0 Å². The molecule has 1 aromatic heterocycles. The van der Waals surface area contributed by atoms with Crippen LogP contribution in [0.1, 0.15) is 55.8 Å². The van der Waals surface area contributed by atoms with Crippen LogP contribution in [0.4, 0.5) is 0 Å². The third-order valence-electron chi connectivity index (χ3n) is 4.58. The van der Waals surface area contributed by atoms with E-state index in [-0.39, 0.29) is 11.8 Å². The molecule has 2 atom stereocenters. The minimum absolute atomic E-state index is 0.00759. The molecule has 1 saturated carbocycles. The molecule has 1 aromatic carbocycles. The molecule has 2 N–H and O–H groups in total. The maximum atomic E-state index is 12.0. The molecule has 0 bridgehead atoms. The third kappa shape index (κ3) is 5.43. The van der Waals surface area contributed by atoms with Crippen LogP contribution in [0.25, 0.3) is 0 Å². The monoisotopic (exact) mass is 376 g/mol. The minimum Gasteiger partial charge on any atom is -0.464 e. The zero-order valence-electron chi connectivity index (χ0n) is 15.7. The summed E-state index contributed by atoms with van der Waals surface area (Å²) in [5, 5.41) is 3.37. The van der Waals surface area contributed by atoms with Crippen molar-refractivity contribution in [3.05, 3.63) is 59.0 Å². The van der Waals surface area contributed by atoms with Crippen molar-refractivity contribution in [2.45, 2.75) is 58.0 Å². The summed E-state index contributed by atoms with van der Waals surface area (Å²) in [7, 11) is -3.28. The zero-order chi connectivity index (χ0) is 18.7. The molecule has 2 aromatic rings. The maximum Gasteiger partial charge on any atom is 0.216 e. The lowest BCUT2D eigenvalue weighted by Gasteiger charge is -2.10. The predicted octanol–water partition coefficient (Wildman–Crippen LogP) is 3.52. The average Bonchev–Trinajstić information content (AvgIpc) is 3.09. The molecule has 0 saturated heterocycles. The highest BCUT2D eigenvalue weighted by Crippen LogP contribution is 2.47. The molecular formula is C20H28N2O3S.